The summed E-state index contributed by atoms with van der Waals surface area (Å²) in [5.41, 5.74) is -2.68. The molecule has 0 spiro atoms. The Bertz CT molecular complexity index is 1110. The van der Waals surface area contributed by atoms with Crippen LogP contribution in [0.25, 0.3) is 0 Å². The van der Waals surface area contributed by atoms with E-state index < -0.39 is 34.5 Å². The molecule has 1 N–H and O–H groups in total. The minimum atomic E-state index is -1.96. The minimum absolute atomic E-state index is 0.435. The van der Waals surface area contributed by atoms with E-state index in [4.69, 9.17) is 19.6 Å². The van der Waals surface area contributed by atoms with Gasteiger partial charge in [-0.25, -0.2) is 0 Å². The SMILES string of the molecule is COc1ccc([C@@H]2O[C@]3(C)OC(=N)[C@@]2(C#N)C(C#N)(C#N)[C@H]3c2ccccc2)cc1. The molecule has 0 saturated carbocycles. The van der Waals surface area contributed by atoms with E-state index in [0.29, 0.717) is 16.9 Å². The zero-order chi connectivity index (χ0) is 21.6. The van der Waals surface area contributed by atoms with Crippen molar-refractivity contribution in [2.45, 2.75) is 24.7 Å². The maximum absolute atomic E-state index is 10.3. The highest BCUT2D eigenvalue weighted by Crippen LogP contribution is 2.69. The monoisotopic (exact) mass is 398 g/mol. The van der Waals surface area contributed by atoms with E-state index in [0.717, 1.165) is 0 Å². The summed E-state index contributed by atoms with van der Waals surface area (Å²) in [6.07, 6.45) is -1.04. The van der Waals surface area contributed by atoms with Crippen molar-refractivity contribution in [3.8, 4) is 24.0 Å². The number of nitrogens with one attached hydrogen (secondary N) is 1. The highest BCUT2D eigenvalue weighted by Gasteiger charge is 2.79. The van der Waals surface area contributed by atoms with Gasteiger partial charge in [0, 0.05) is 6.92 Å². The molecule has 3 aliphatic rings. The predicted octanol–water partition coefficient (Wildman–Crippen LogP) is 3.82. The molecular weight excluding hydrogens is 380 g/mol. The van der Waals surface area contributed by atoms with Gasteiger partial charge in [0.2, 0.25) is 11.7 Å². The largest absolute Gasteiger partial charge is 0.497 e. The van der Waals surface area contributed by atoms with Gasteiger partial charge in [0.15, 0.2) is 10.8 Å². The van der Waals surface area contributed by atoms with Crippen molar-refractivity contribution in [2.75, 3.05) is 7.11 Å². The molecular formula is C23H18N4O3. The molecule has 4 atom stereocenters. The van der Waals surface area contributed by atoms with Crippen LogP contribution in [-0.2, 0) is 9.47 Å². The Morgan fingerprint density at radius 2 is 1.57 bits per heavy atom. The van der Waals surface area contributed by atoms with Crippen molar-refractivity contribution in [1.82, 2.24) is 0 Å². The Kier molecular flexibility index (Phi) is 4.28. The van der Waals surface area contributed by atoms with Crippen molar-refractivity contribution >= 4 is 5.90 Å². The van der Waals surface area contributed by atoms with E-state index in [1.54, 1.807) is 55.5 Å². The number of nitrogens with zero attached hydrogens (tertiary/aromatic N) is 3. The average molecular weight is 398 g/mol. The molecule has 0 unspecified atom stereocenters. The van der Waals surface area contributed by atoms with Crippen LogP contribution < -0.4 is 4.74 Å². The van der Waals surface area contributed by atoms with E-state index in [1.807, 2.05) is 6.07 Å². The lowest BCUT2D eigenvalue weighted by Crippen LogP contribution is -2.70. The molecule has 0 aromatic heterocycles. The molecule has 7 heteroatoms. The lowest BCUT2D eigenvalue weighted by atomic mass is 9.49. The van der Waals surface area contributed by atoms with Gasteiger partial charge in [0.05, 0.1) is 31.2 Å². The van der Waals surface area contributed by atoms with Gasteiger partial charge in [-0.2, -0.15) is 15.8 Å². The Labute approximate surface area is 174 Å². The van der Waals surface area contributed by atoms with E-state index >= 15 is 0 Å². The molecule has 2 aromatic rings. The standard InChI is InChI=1S/C23H18N4O3/c1-21-18(15-6-4-3-5-7-15)22(12-24,13-25)23(14-26,20(27)30-21)19(29-21)16-8-10-17(28-2)11-9-16/h3-11,18-19,27H,1-2H3/t18-,19-,21+,23-/m0/s1. The molecule has 5 rings (SSSR count). The number of hydrogen-bond donors (Lipinski definition) is 1. The maximum atomic E-state index is 10.3. The minimum Gasteiger partial charge on any atom is -0.497 e. The third kappa shape index (κ3) is 2.23. The third-order valence-corrected chi connectivity index (χ3v) is 6.07. The van der Waals surface area contributed by atoms with Crippen LogP contribution in [0.4, 0.5) is 0 Å². The lowest BCUT2D eigenvalue weighted by Gasteiger charge is -2.61. The first-order valence-corrected chi connectivity index (χ1v) is 9.31. The maximum Gasteiger partial charge on any atom is 0.219 e. The quantitative estimate of drug-likeness (QED) is 0.838. The van der Waals surface area contributed by atoms with Crippen molar-refractivity contribution in [2.24, 2.45) is 10.8 Å². The number of hydrogen-bond acceptors (Lipinski definition) is 7. The van der Waals surface area contributed by atoms with Crippen LogP contribution in [0.5, 0.6) is 5.75 Å². The van der Waals surface area contributed by atoms with Crippen LogP contribution in [0.2, 0.25) is 0 Å². The molecule has 2 aromatic carbocycles. The van der Waals surface area contributed by atoms with E-state index in [9.17, 15) is 15.8 Å². The van der Waals surface area contributed by atoms with Crippen LogP contribution in [0.1, 0.15) is 30.1 Å². The van der Waals surface area contributed by atoms with Gasteiger partial charge < -0.3 is 14.2 Å². The second kappa shape index (κ2) is 6.59. The topological polar surface area (TPSA) is 123 Å². The van der Waals surface area contributed by atoms with Gasteiger partial charge in [-0.15, -0.1) is 0 Å². The Balaban J connectivity index is 2.00. The highest BCUT2D eigenvalue weighted by molar-refractivity contribution is 5.89. The van der Waals surface area contributed by atoms with E-state index in [2.05, 4.69) is 18.2 Å². The average Bonchev–Trinajstić information content (AvgIpc) is 2.78. The molecule has 30 heavy (non-hydrogen) atoms. The van der Waals surface area contributed by atoms with Crippen LogP contribution in [0.15, 0.2) is 54.6 Å². The molecule has 3 heterocycles. The molecule has 0 aliphatic carbocycles. The van der Waals surface area contributed by atoms with Gasteiger partial charge >= 0.3 is 0 Å². The molecule has 0 amide bonds. The fourth-order valence-corrected chi connectivity index (χ4v) is 4.71. The van der Waals surface area contributed by atoms with Crippen LogP contribution >= 0.6 is 0 Å². The van der Waals surface area contributed by atoms with Crippen molar-refractivity contribution in [1.29, 1.82) is 21.2 Å². The second-order valence-corrected chi connectivity index (χ2v) is 7.51. The first kappa shape index (κ1) is 19.5. The Morgan fingerprint density at radius 3 is 2.10 bits per heavy atom. The molecule has 148 valence electrons. The number of nitriles is 3. The summed E-state index contributed by atoms with van der Waals surface area (Å²) >= 11 is 0. The van der Waals surface area contributed by atoms with Gasteiger partial charge in [-0.1, -0.05) is 42.5 Å². The summed E-state index contributed by atoms with van der Waals surface area (Å²) in [5.74, 6) is -2.22. The number of fused-ring (bicyclic) bond motifs is 3. The van der Waals surface area contributed by atoms with Crippen molar-refractivity contribution < 1.29 is 14.2 Å². The zero-order valence-electron chi connectivity index (χ0n) is 16.4. The third-order valence-electron chi connectivity index (χ3n) is 6.07. The van der Waals surface area contributed by atoms with Crippen molar-refractivity contribution in [3.05, 3.63) is 65.7 Å². The summed E-state index contributed by atoms with van der Waals surface area (Å²) in [4.78, 5) is 0. The summed E-state index contributed by atoms with van der Waals surface area (Å²) < 4.78 is 17.3. The first-order valence-electron chi connectivity index (χ1n) is 9.31. The van der Waals surface area contributed by atoms with Crippen molar-refractivity contribution in [3.63, 3.8) is 0 Å². The van der Waals surface area contributed by atoms with E-state index in [-0.39, 0.29) is 0 Å². The molecule has 7 nitrogen and oxygen atoms in total. The number of benzene rings is 2. The lowest BCUT2D eigenvalue weighted by molar-refractivity contribution is -0.323. The number of methoxy groups -OCH3 is 1. The summed E-state index contributed by atoms with van der Waals surface area (Å²) in [6, 6.07) is 22.0. The van der Waals surface area contributed by atoms with Gasteiger partial charge in [-0.05, 0) is 23.3 Å². The number of rotatable bonds is 3. The molecule has 0 radical (unpaired) electrons. The van der Waals surface area contributed by atoms with Gasteiger partial charge in [-0.3, -0.25) is 5.41 Å². The van der Waals surface area contributed by atoms with Gasteiger partial charge in [0.25, 0.3) is 0 Å². The first-order chi connectivity index (χ1) is 14.4. The molecule has 3 aliphatic heterocycles. The van der Waals surface area contributed by atoms with Gasteiger partial charge in [0.1, 0.15) is 11.9 Å². The van der Waals surface area contributed by atoms with Crippen LogP contribution in [0.3, 0.4) is 0 Å². The highest BCUT2D eigenvalue weighted by atomic mass is 16.7. The molecule has 2 bridgehead atoms. The summed E-state index contributed by atoms with van der Waals surface area (Å²) in [6.45, 7) is 1.61. The summed E-state index contributed by atoms with van der Waals surface area (Å²) in [7, 11) is 1.54. The normalized spacial score (nSPS) is 31.0. The predicted molar refractivity (Wildman–Crippen MR) is 105 cm³/mol. The van der Waals surface area contributed by atoms with E-state index in [1.165, 1.54) is 7.11 Å². The summed E-state index contributed by atoms with van der Waals surface area (Å²) in [5, 5.41) is 39.5. The second-order valence-electron chi connectivity index (χ2n) is 7.51. The fraction of sp³-hybridized carbons (Fsp3) is 0.304. The fourth-order valence-electron chi connectivity index (χ4n) is 4.71. The Morgan fingerprint density at radius 1 is 0.933 bits per heavy atom. The molecule has 3 saturated heterocycles. The van der Waals surface area contributed by atoms with Crippen LogP contribution in [0, 0.1) is 50.2 Å². The molecule has 3 fully saturated rings. The zero-order valence-corrected chi connectivity index (χ0v) is 16.4. The Hall–Kier alpha value is -3.86. The van der Waals surface area contributed by atoms with Crippen LogP contribution in [-0.4, -0.2) is 18.8 Å². The number of ether oxygens (including phenoxy) is 3. The smallest absolute Gasteiger partial charge is 0.219 e.